The summed E-state index contributed by atoms with van der Waals surface area (Å²) < 4.78 is 5.75. The molecule has 0 spiro atoms. The lowest BCUT2D eigenvalue weighted by Gasteiger charge is -2.59. The fourth-order valence-corrected chi connectivity index (χ4v) is 4.17. The van der Waals surface area contributed by atoms with Crippen LogP contribution in [-0.4, -0.2) is 55.4 Å². The van der Waals surface area contributed by atoms with E-state index in [0.717, 1.165) is 50.7 Å². The van der Waals surface area contributed by atoms with E-state index >= 15 is 0 Å². The highest BCUT2D eigenvalue weighted by molar-refractivity contribution is 14.0. The normalized spacial score (nSPS) is 27.5. The highest BCUT2D eigenvalue weighted by Crippen LogP contribution is 2.51. The topological polar surface area (TPSA) is 61.8 Å². The van der Waals surface area contributed by atoms with Gasteiger partial charge in [0.1, 0.15) is 5.82 Å². The maximum Gasteiger partial charge on any atom is 0.191 e. The number of piperidine rings is 1. The van der Waals surface area contributed by atoms with Gasteiger partial charge in [-0.05, 0) is 45.2 Å². The molecule has 2 aliphatic rings. The Morgan fingerprint density at radius 3 is 2.50 bits per heavy atom. The van der Waals surface area contributed by atoms with Crippen LogP contribution < -0.4 is 15.5 Å². The third-order valence-electron chi connectivity index (χ3n) is 6.71. The summed E-state index contributed by atoms with van der Waals surface area (Å²) in [6, 6.07) is 6.92. The van der Waals surface area contributed by atoms with Gasteiger partial charge in [-0.15, -0.1) is 24.0 Å². The van der Waals surface area contributed by atoms with E-state index in [1.807, 2.05) is 19.4 Å². The van der Waals surface area contributed by atoms with Gasteiger partial charge in [-0.1, -0.05) is 19.9 Å². The van der Waals surface area contributed by atoms with Gasteiger partial charge in [0.25, 0.3) is 0 Å². The van der Waals surface area contributed by atoms with Crippen LogP contribution in [0, 0.1) is 5.41 Å². The maximum atomic E-state index is 5.75. The van der Waals surface area contributed by atoms with E-state index in [1.54, 1.807) is 0 Å². The molecular weight excluding hydrogens is 465 g/mol. The van der Waals surface area contributed by atoms with Crippen LogP contribution in [0.3, 0.4) is 0 Å². The number of anilines is 1. The second kappa shape index (κ2) is 9.61. The zero-order chi connectivity index (χ0) is 19.5. The minimum atomic E-state index is -0.0734. The fourth-order valence-electron chi connectivity index (χ4n) is 4.17. The second-order valence-electron chi connectivity index (χ2n) is 8.47. The predicted molar refractivity (Wildman–Crippen MR) is 127 cm³/mol. The molecular formula is C21H36IN5O. The van der Waals surface area contributed by atoms with Crippen LogP contribution in [0.1, 0.15) is 47.0 Å². The number of guanidine groups is 1. The number of methoxy groups -OCH3 is 1. The summed E-state index contributed by atoms with van der Waals surface area (Å²) in [5.41, 5.74) is -0.00367. The van der Waals surface area contributed by atoms with E-state index in [1.165, 1.54) is 0 Å². The summed E-state index contributed by atoms with van der Waals surface area (Å²) in [5.74, 6) is 2.01. The van der Waals surface area contributed by atoms with Crippen LogP contribution in [0.4, 0.5) is 5.82 Å². The molecule has 3 rings (SSSR count). The Morgan fingerprint density at radius 2 is 1.96 bits per heavy atom. The van der Waals surface area contributed by atoms with Gasteiger partial charge in [-0.2, -0.15) is 0 Å². The molecule has 2 N–H and O–H groups in total. The Hall–Kier alpha value is -1.09. The molecule has 2 unspecified atom stereocenters. The molecule has 0 aromatic carbocycles. The van der Waals surface area contributed by atoms with E-state index in [4.69, 9.17) is 4.74 Å². The average Bonchev–Trinajstić information content (AvgIpc) is 2.68. The van der Waals surface area contributed by atoms with Gasteiger partial charge in [0.2, 0.25) is 0 Å². The maximum absolute atomic E-state index is 5.75. The van der Waals surface area contributed by atoms with Crippen molar-refractivity contribution < 1.29 is 4.74 Å². The Labute approximate surface area is 186 Å². The van der Waals surface area contributed by atoms with Crippen LogP contribution in [0.15, 0.2) is 29.4 Å². The summed E-state index contributed by atoms with van der Waals surface area (Å²) in [4.78, 5) is 11.5. The molecule has 0 bridgehead atoms. The molecule has 158 valence electrons. The predicted octanol–water partition coefficient (Wildman–Crippen LogP) is 3.43. The third kappa shape index (κ3) is 4.72. The molecule has 1 saturated heterocycles. The number of hydrogen-bond acceptors (Lipinski definition) is 4. The van der Waals surface area contributed by atoms with E-state index in [0.29, 0.717) is 12.1 Å². The molecule has 2 fully saturated rings. The Morgan fingerprint density at radius 1 is 1.25 bits per heavy atom. The Bertz CT molecular complexity index is 645. The van der Waals surface area contributed by atoms with Crippen LogP contribution in [0.25, 0.3) is 0 Å². The molecule has 1 aliphatic carbocycles. The number of halogens is 1. The van der Waals surface area contributed by atoms with Crippen molar-refractivity contribution in [1.29, 1.82) is 0 Å². The summed E-state index contributed by atoms with van der Waals surface area (Å²) in [5, 5.41) is 7.32. The first kappa shape index (κ1) is 23.2. The molecule has 7 heteroatoms. The molecule has 0 radical (unpaired) electrons. The van der Waals surface area contributed by atoms with Crippen molar-refractivity contribution in [3.63, 3.8) is 0 Å². The number of hydrogen-bond donors (Lipinski definition) is 2. The van der Waals surface area contributed by atoms with Crippen molar-refractivity contribution in [3.05, 3.63) is 24.4 Å². The van der Waals surface area contributed by atoms with E-state index in [9.17, 15) is 0 Å². The standard InChI is InChI=1S/C21H35N5O.HI/c1-6-22-19(25-17-15-21(4,27-5)20(17,2)3)24-16-10-13-26(14-11-16)18-9-7-8-12-23-18;/h7-9,12,16-17H,6,10-11,13-15H2,1-5H3,(H2,22,24,25);1H. The van der Waals surface area contributed by atoms with E-state index in [2.05, 4.69) is 65.3 Å². The van der Waals surface area contributed by atoms with Gasteiger partial charge >= 0.3 is 0 Å². The highest BCUT2D eigenvalue weighted by atomic mass is 127. The second-order valence-corrected chi connectivity index (χ2v) is 8.47. The number of nitrogens with zero attached hydrogens (tertiary/aromatic N) is 3. The number of aliphatic imine (C=N–C) groups is 1. The van der Waals surface area contributed by atoms with Crippen molar-refractivity contribution in [2.45, 2.75) is 64.6 Å². The van der Waals surface area contributed by atoms with Gasteiger partial charge in [0.05, 0.1) is 5.60 Å². The van der Waals surface area contributed by atoms with Crippen LogP contribution in [0.5, 0.6) is 0 Å². The molecule has 1 aromatic heterocycles. The number of rotatable bonds is 5. The molecule has 1 saturated carbocycles. The number of pyridine rings is 1. The van der Waals surface area contributed by atoms with E-state index < -0.39 is 0 Å². The van der Waals surface area contributed by atoms with Crippen molar-refractivity contribution in [3.8, 4) is 0 Å². The Balaban J connectivity index is 0.00000280. The fraction of sp³-hybridized carbons (Fsp3) is 0.714. The summed E-state index contributed by atoms with van der Waals surface area (Å²) in [6.07, 6.45) is 5.04. The van der Waals surface area contributed by atoms with Crippen LogP contribution in [0.2, 0.25) is 0 Å². The monoisotopic (exact) mass is 501 g/mol. The lowest BCUT2D eigenvalue weighted by Crippen LogP contribution is -2.70. The van der Waals surface area contributed by atoms with Crippen molar-refractivity contribution >= 4 is 35.8 Å². The molecule has 2 atom stereocenters. The molecule has 2 heterocycles. The van der Waals surface area contributed by atoms with Crippen LogP contribution >= 0.6 is 24.0 Å². The minimum absolute atomic E-state index is 0. The summed E-state index contributed by atoms with van der Waals surface area (Å²) in [7, 11) is 1.81. The molecule has 0 amide bonds. The smallest absolute Gasteiger partial charge is 0.191 e. The van der Waals surface area contributed by atoms with E-state index in [-0.39, 0.29) is 35.0 Å². The summed E-state index contributed by atoms with van der Waals surface area (Å²) in [6.45, 7) is 11.6. The minimum Gasteiger partial charge on any atom is -0.378 e. The van der Waals surface area contributed by atoms with Crippen LogP contribution in [-0.2, 0) is 4.74 Å². The van der Waals surface area contributed by atoms with Gasteiger partial charge in [-0.25, -0.2) is 4.98 Å². The lowest BCUT2D eigenvalue weighted by molar-refractivity contribution is -0.176. The number of nitrogens with one attached hydrogen (secondary N) is 2. The number of aromatic nitrogens is 1. The van der Waals surface area contributed by atoms with Gasteiger partial charge in [-0.3, -0.25) is 4.99 Å². The average molecular weight is 501 g/mol. The van der Waals surface area contributed by atoms with Gasteiger partial charge < -0.3 is 20.3 Å². The highest BCUT2D eigenvalue weighted by Gasteiger charge is 2.58. The molecule has 28 heavy (non-hydrogen) atoms. The number of ether oxygens (including phenoxy) is 1. The van der Waals surface area contributed by atoms with Crippen molar-refractivity contribution in [2.75, 3.05) is 31.6 Å². The zero-order valence-corrected chi connectivity index (χ0v) is 20.2. The molecule has 6 nitrogen and oxygen atoms in total. The van der Waals surface area contributed by atoms with Gasteiger partial charge in [0, 0.05) is 50.4 Å². The molecule has 1 aromatic rings. The van der Waals surface area contributed by atoms with Crippen molar-refractivity contribution in [1.82, 2.24) is 15.6 Å². The quantitative estimate of drug-likeness (QED) is 0.368. The first-order valence-electron chi connectivity index (χ1n) is 10.2. The SMILES string of the molecule is CCN=C(NC1CCN(c2ccccn2)CC1)NC1CC(C)(OC)C1(C)C.I. The van der Waals surface area contributed by atoms with Gasteiger partial charge in [0.15, 0.2) is 5.96 Å². The zero-order valence-electron chi connectivity index (χ0n) is 17.9. The Kier molecular flexibility index (Phi) is 7.96. The first-order valence-corrected chi connectivity index (χ1v) is 10.2. The van der Waals surface area contributed by atoms with Crippen molar-refractivity contribution in [2.24, 2.45) is 10.4 Å². The summed E-state index contributed by atoms with van der Waals surface area (Å²) >= 11 is 0. The lowest BCUT2D eigenvalue weighted by atomic mass is 9.56. The first-order chi connectivity index (χ1) is 12.9. The largest absolute Gasteiger partial charge is 0.378 e. The molecule has 1 aliphatic heterocycles. The third-order valence-corrected chi connectivity index (χ3v) is 6.71.